The molecular weight excluding hydrogens is 230 g/mol. The van der Waals surface area contributed by atoms with Crippen molar-refractivity contribution in [3.8, 4) is 0 Å². The molecule has 0 saturated heterocycles. The summed E-state index contributed by atoms with van der Waals surface area (Å²) in [5.41, 5.74) is 8.97. The molecule has 0 unspecified atom stereocenters. The highest BCUT2D eigenvalue weighted by atomic mass is 14.7. The van der Waals surface area contributed by atoms with Crippen LogP contribution in [0.5, 0.6) is 0 Å². The fraction of sp³-hybridized carbons (Fsp3) is 0.667. The van der Waals surface area contributed by atoms with Crippen molar-refractivity contribution in [2.45, 2.75) is 71.8 Å². The van der Waals surface area contributed by atoms with Crippen LogP contribution in [0.4, 0.5) is 0 Å². The van der Waals surface area contributed by atoms with Gasteiger partial charge in [-0.15, -0.1) is 0 Å². The molecule has 0 aliphatic heterocycles. The third-order valence-electron chi connectivity index (χ3n) is 5.40. The van der Waals surface area contributed by atoms with Crippen molar-refractivity contribution < 1.29 is 0 Å². The minimum atomic E-state index is -0.234. The lowest BCUT2D eigenvalue weighted by Crippen LogP contribution is -2.50. The van der Waals surface area contributed by atoms with Crippen molar-refractivity contribution in [1.29, 1.82) is 0 Å². The van der Waals surface area contributed by atoms with Gasteiger partial charge in [-0.05, 0) is 36.3 Å². The number of benzene rings is 1. The van der Waals surface area contributed by atoms with Crippen LogP contribution >= 0.6 is 0 Å². The SMILES string of the molecule is CC(C)C(C)(C)c1ccc(C(C)(C)C(C)(C)N)cc1. The van der Waals surface area contributed by atoms with E-state index in [0.717, 1.165) is 0 Å². The Kier molecular flexibility index (Phi) is 4.22. The molecule has 0 radical (unpaired) electrons. The van der Waals surface area contributed by atoms with E-state index in [4.69, 9.17) is 5.73 Å². The molecule has 1 aromatic carbocycles. The second kappa shape index (κ2) is 4.94. The van der Waals surface area contributed by atoms with Crippen LogP contribution in [0.25, 0.3) is 0 Å². The van der Waals surface area contributed by atoms with Crippen molar-refractivity contribution >= 4 is 0 Å². The Morgan fingerprint density at radius 1 is 0.789 bits per heavy atom. The fourth-order valence-corrected chi connectivity index (χ4v) is 2.02. The molecule has 1 nitrogen and oxygen atoms in total. The van der Waals surface area contributed by atoms with Crippen LogP contribution < -0.4 is 5.73 Å². The molecule has 0 atom stereocenters. The molecule has 0 bridgehead atoms. The van der Waals surface area contributed by atoms with Gasteiger partial charge < -0.3 is 5.73 Å². The Hall–Kier alpha value is -0.820. The lowest BCUT2D eigenvalue weighted by molar-refractivity contribution is 0.306. The molecular formula is C18H31N. The molecule has 19 heavy (non-hydrogen) atoms. The predicted octanol–water partition coefficient (Wildman–Crippen LogP) is 4.64. The first-order chi connectivity index (χ1) is 8.40. The third-order valence-corrected chi connectivity index (χ3v) is 5.40. The Morgan fingerprint density at radius 3 is 1.47 bits per heavy atom. The van der Waals surface area contributed by atoms with Crippen molar-refractivity contribution in [2.75, 3.05) is 0 Å². The zero-order valence-corrected chi connectivity index (χ0v) is 14.0. The predicted molar refractivity (Wildman–Crippen MR) is 85.6 cm³/mol. The molecule has 0 aromatic heterocycles. The lowest BCUT2D eigenvalue weighted by atomic mass is 9.69. The van der Waals surface area contributed by atoms with Gasteiger partial charge in [-0.1, -0.05) is 65.8 Å². The van der Waals surface area contributed by atoms with Gasteiger partial charge in [0.05, 0.1) is 0 Å². The minimum absolute atomic E-state index is 0.0342. The molecule has 0 heterocycles. The summed E-state index contributed by atoms with van der Waals surface area (Å²) in [6, 6.07) is 9.02. The van der Waals surface area contributed by atoms with Crippen LogP contribution in [0.3, 0.4) is 0 Å². The Morgan fingerprint density at radius 2 is 1.16 bits per heavy atom. The molecule has 0 spiro atoms. The van der Waals surface area contributed by atoms with Crippen LogP contribution in [0.2, 0.25) is 0 Å². The molecule has 0 aliphatic carbocycles. The summed E-state index contributed by atoms with van der Waals surface area (Å²) in [7, 11) is 0. The van der Waals surface area contributed by atoms with Gasteiger partial charge >= 0.3 is 0 Å². The van der Waals surface area contributed by atoms with Gasteiger partial charge in [0.2, 0.25) is 0 Å². The molecule has 0 fully saturated rings. The maximum absolute atomic E-state index is 6.32. The first-order valence-corrected chi connectivity index (χ1v) is 7.30. The Labute approximate surface area is 119 Å². The molecule has 0 saturated carbocycles. The summed E-state index contributed by atoms with van der Waals surface area (Å²) in [5.74, 6) is 0.623. The Bertz CT molecular complexity index is 416. The van der Waals surface area contributed by atoms with Gasteiger partial charge in [0.1, 0.15) is 0 Å². The lowest BCUT2D eigenvalue weighted by Gasteiger charge is -2.39. The summed E-state index contributed by atoms with van der Waals surface area (Å²) < 4.78 is 0. The fourth-order valence-electron chi connectivity index (χ4n) is 2.02. The number of hydrogen-bond acceptors (Lipinski definition) is 1. The molecule has 108 valence electrons. The molecule has 1 rings (SSSR count). The standard InChI is InChI=1S/C18H31N/c1-13(2)16(3,4)14-9-11-15(12-10-14)17(5,6)18(7,8)19/h9-13H,19H2,1-8H3. The maximum Gasteiger partial charge on any atom is 0.0189 e. The molecule has 1 aromatic rings. The average molecular weight is 261 g/mol. The first-order valence-electron chi connectivity index (χ1n) is 7.30. The second-order valence-electron chi connectivity index (χ2n) is 7.80. The molecule has 2 N–H and O–H groups in total. The van der Waals surface area contributed by atoms with E-state index in [0.29, 0.717) is 5.92 Å². The van der Waals surface area contributed by atoms with E-state index in [1.165, 1.54) is 11.1 Å². The van der Waals surface area contributed by atoms with Crippen LogP contribution in [-0.2, 0) is 10.8 Å². The highest BCUT2D eigenvalue weighted by molar-refractivity contribution is 5.34. The normalized spacial score (nSPS) is 14.0. The van der Waals surface area contributed by atoms with Crippen molar-refractivity contribution in [2.24, 2.45) is 11.7 Å². The maximum atomic E-state index is 6.32. The summed E-state index contributed by atoms with van der Waals surface area (Å²) >= 11 is 0. The van der Waals surface area contributed by atoms with Gasteiger partial charge in [-0.25, -0.2) is 0 Å². The summed E-state index contributed by atoms with van der Waals surface area (Å²) in [4.78, 5) is 0. The number of rotatable bonds is 4. The first kappa shape index (κ1) is 16.2. The van der Waals surface area contributed by atoms with Gasteiger partial charge in [-0.2, -0.15) is 0 Å². The highest BCUT2D eigenvalue weighted by Gasteiger charge is 2.35. The highest BCUT2D eigenvalue weighted by Crippen LogP contribution is 2.36. The average Bonchev–Trinajstić information content (AvgIpc) is 2.27. The van der Waals surface area contributed by atoms with E-state index in [1.807, 2.05) is 0 Å². The van der Waals surface area contributed by atoms with Crippen LogP contribution in [0.15, 0.2) is 24.3 Å². The van der Waals surface area contributed by atoms with E-state index in [-0.39, 0.29) is 16.4 Å². The van der Waals surface area contributed by atoms with E-state index < -0.39 is 0 Å². The molecule has 0 amide bonds. The van der Waals surface area contributed by atoms with Gasteiger partial charge in [0.25, 0.3) is 0 Å². The zero-order chi connectivity index (χ0) is 15.1. The van der Waals surface area contributed by atoms with Crippen LogP contribution in [0.1, 0.15) is 66.5 Å². The minimum Gasteiger partial charge on any atom is -0.325 e. The van der Waals surface area contributed by atoms with E-state index in [2.05, 4.69) is 79.7 Å². The quantitative estimate of drug-likeness (QED) is 0.840. The monoisotopic (exact) mass is 261 g/mol. The number of hydrogen-bond donors (Lipinski definition) is 1. The van der Waals surface area contributed by atoms with Crippen molar-refractivity contribution in [3.63, 3.8) is 0 Å². The summed E-state index contributed by atoms with van der Waals surface area (Å²) in [6.45, 7) is 17.8. The molecule has 0 aliphatic rings. The van der Waals surface area contributed by atoms with Gasteiger partial charge in [-0.3, -0.25) is 0 Å². The second-order valence-corrected chi connectivity index (χ2v) is 7.80. The van der Waals surface area contributed by atoms with Crippen LogP contribution in [0, 0.1) is 5.92 Å². The third kappa shape index (κ3) is 3.02. The number of nitrogens with two attached hydrogens (primary N) is 1. The van der Waals surface area contributed by atoms with E-state index >= 15 is 0 Å². The van der Waals surface area contributed by atoms with Gasteiger partial charge in [0, 0.05) is 11.0 Å². The largest absolute Gasteiger partial charge is 0.325 e. The Balaban J connectivity index is 3.14. The van der Waals surface area contributed by atoms with Gasteiger partial charge in [0.15, 0.2) is 0 Å². The van der Waals surface area contributed by atoms with Crippen molar-refractivity contribution in [3.05, 3.63) is 35.4 Å². The summed E-state index contributed by atoms with van der Waals surface area (Å²) in [6.07, 6.45) is 0. The van der Waals surface area contributed by atoms with Crippen molar-refractivity contribution in [1.82, 2.24) is 0 Å². The smallest absolute Gasteiger partial charge is 0.0189 e. The topological polar surface area (TPSA) is 26.0 Å². The zero-order valence-electron chi connectivity index (χ0n) is 14.0. The molecule has 1 heteroatoms. The van der Waals surface area contributed by atoms with Crippen LogP contribution in [-0.4, -0.2) is 5.54 Å². The van der Waals surface area contributed by atoms with E-state index in [1.54, 1.807) is 0 Å². The summed E-state index contributed by atoms with van der Waals surface area (Å²) in [5, 5.41) is 0. The van der Waals surface area contributed by atoms with E-state index in [9.17, 15) is 0 Å².